The fraction of sp³-hybridized carbons (Fsp3) is 0.417. The summed E-state index contributed by atoms with van der Waals surface area (Å²) in [5.74, 6) is -0.489. The van der Waals surface area contributed by atoms with Crippen LogP contribution in [0.4, 0.5) is 13.2 Å². The van der Waals surface area contributed by atoms with Gasteiger partial charge in [-0.05, 0) is 30.0 Å². The molecule has 5 heteroatoms. The summed E-state index contributed by atoms with van der Waals surface area (Å²) in [5.41, 5.74) is 0.0879. The summed E-state index contributed by atoms with van der Waals surface area (Å²) in [4.78, 5) is 11.2. The van der Waals surface area contributed by atoms with Crippen LogP contribution in [0.15, 0.2) is 24.3 Å². The van der Waals surface area contributed by atoms with Gasteiger partial charge in [-0.15, -0.1) is 0 Å². The average Bonchev–Trinajstić information content (AvgIpc) is 3.07. The van der Waals surface area contributed by atoms with Gasteiger partial charge in [-0.1, -0.05) is 12.1 Å². The Balaban J connectivity index is 2.08. The molecule has 0 aliphatic heterocycles. The van der Waals surface area contributed by atoms with Crippen molar-refractivity contribution in [3.63, 3.8) is 0 Å². The first-order chi connectivity index (χ1) is 7.93. The summed E-state index contributed by atoms with van der Waals surface area (Å²) in [6.45, 7) is 0. The number of halogens is 3. The van der Waals surface area contributed by atoms with Crippen molar-refractivity contribution < 1.29 is 22.7 Å². The van der Waals surface area contributed by atoms with Crippen LogP contribution in [0.5, 0.6) is 0 Å². The van der Waals surface area contributed by atoms with Gasteiger partial charge in [-0.3, -0.25) is 4.79 Å². The Hall–Kier alpha value is -1.52. The van der Waals surface area contributed by atoms with Gasteiger partial charge in [-0.2, -0.15) is 13.2 Å². The molecule has 2 unspecified atom stereocenters. The summed E-state index contributed by atoms with van der Waals surface area (Å²) in [5, 5.41) is 0. The van der Waals surface area contributed by atoms with Gasteiger partial charge in [0.1, 0.15) is 0 Å². The maximum absolute atomic E-state index is 12.3. The van der Waals surface area contributed by atoms with Gasteiger partial charge >= 0.3 is 12.1 Å². The molecular weight excluding hydrogens is 233 g/mol. The standard InChI is InChI=1S/C12H11F3O2/c1-17-11(16)10-6-9(10)7-2-4-8(5-3-7)12(13,14)15/h2-5,9-10H,6H2,1H3. The van der Waals surface area contributed by atoms with Crippen LogP contribution in [0.25, 0.3) is 0 Å². The number of carbonyl (C=O) groups is 1. The predicted molar refractivity (Wildman–Crippen MR) is 54.3 cm³/mol. The Kier molecular flexibility index (Phi) is 2.85. The summed E-state index contributed by atoms with van der Waals surface area (Å²) < 4.78 is 41.5. The van der Waals surface area contributed by atoms with E-state index in [-0.39, 0.29) is 17.8 Å². The third-order valence-corrected chi connectivity index (χ3v) is 2.96. The van der Waals surface area contributed by atoms with Gasteiger partial charge in [0.05, 0.1) is 18.6 Å². The number of carbonyl (C=O) groups excluding carboxylic acids is 1. The highest BCUT2D eigenvalue weighted by Gasteiger charge is 2.45. The molecule has 1 aromatic rings. The van der Waals surface area contributed by atoms with Crippen LogP contribution in [-0.2, 0) is 15.7 Å². The van der Waals surface area contributed by atoms with E-state index in [1.807, 2.05) is 0 Å². The number of alkyl halides is 3. The Morgan fingerprint density at radius 3 is 2.35 bits per heavy atom. The van der Waals surface area contributed by atoms with E-state index in [1.165, 1.54) is 19.2 Å². The van der Waals surface area contributed by atoms with Crippen LogP contribution in [0.1, 0.15) is 23.5 Å². The molecule has 0 heterocycles. The van der Waals surface area contributed by atoms with Gasteiger partial charge in [0.15, 0.2) is 0 Å². The first kappa shape index (κ1) is 12.0. The molecule has 0 saturated heterocycles. The second kappa shape index (κ2) is 4.05. The van der Waals surface area contributed by atoms with E-state index in [9.17, 15) is 18.0 Å². The molecule has 17 heavy (non-hydrogen) atoms. The Bertz CT molecular complexity index is 422. The lowest BCUT2D eigenvalue weighted by molar-refractivity contribution is -0.142. The SMILES string of the molecule is COC(=O)C1CC1c1ccc(C(F)(F)F)cc1. The molecule has 0 N–H and O–H groups in total. The van der Waals surface area contributed by atoms with Crippen molar-refractivity contribution in [1.82, 2.24) is 0 Å². The second-order valence-corrected chi connectivity index (χ2v) is 4.09. The van der Waals surface area contributed by atoms with E-state index in [0.29, 0.717) is 6.42 Å². The molecule has 2 atom stereocenters. The lowest BCUT2D eigenvalue weighted by Crippen LogP contribution is -2.05. The molecule has 92 valence electrons. The monoisotopic (exact) mass is 244 g/mol. The van der Waals surface area contributed by atoms with Crippen LogP contribution in [-0.4, -0.2) is 13.1 Å². The van der Waals surface area contributed by atoms with Crippen molar-refractivity contribution in [2.45, 2.75) is 18.5 Å². The third kappa shape index (κ3) is 2.43. The van der Waals surface area contributed by atoms with Gasteiger partial charge in [0, 0.05) is 0 Å². The number of methoxy groups -OCH3 is 1. The fourth-order valence-electron chi connectivity index (χ4n) is 1.89. The first-order valence-corrected chi connectivity index (χ1v) is 5.18. The minimum Gasteiger partial charge on any atom is -0.469 e. The molecule has 0 spiro atoms. The highest BCUT2D eigenvalue weighted by Crippen LogP contribution is 2.48. The minimum atomic E-state index is -4.32. The lowest BCUT2D eigenvalue weighted by Gasteiger charge is -2.07. The van der Waals surface area contributed by atoms with Crippen molar-refractivity contribution >= 4 is 5.97 Å². The van der Waals surface area contributed by atoms with E-state index < -0.39 is 11.7 Å². The van der Waals surface area contributed by atoms with Crippen molar-refractivity contribution in [3.05, 3.63) is 35.4 Å². The molecule has 2 nitrogen and oxygen atoms in total. The Morgan fingerprint density at radius 1 is 1.29 bits per heavy atom. The largest absolute Gasteiger partial charge is 0.469 e. The zero-order valence-corrected chi connectivity index (χ0v) is 9.12. The van der Waals surface area contributed by atoms with Crippen molar-refractivity contribution in [1.29, 1.82) is 0 Å². The maximum atomic E-state index is 12.3. The van der Waals surface area contributed by atoms with Crippen molar-refractivity contribution in [2.75, 3.05) is 7.11 Å². The minimum absolute atomic E-state index is 0.00438. The highest BCUT2D eigenvalue weighted by molar-refractivity contribution is 5.77. The molecular formula is C12H11F3O2. The molecule has 1 aliphatic rings. The molecule has 1 aliphatic carbocycles. The summed E-state index contributed by atoms with van der Waals surface area (Å²) in [6.07, 6.45) is -3.66. The van der Waals surface area contributed by atoms with E-state index in [4.69, 9.17) is 0 Å². The van der Waals surface area contributed by atoms with Gasteiger partial charge in [0.25, 0.3) is 0 Å². The predicted octanol–water partition coefficient (Wildman–Crippen LogP) is 2.98. The first-order valence-electron chi connectivity index (χ1n) is 5.18. The quantitative estimate of drug-likeness (QED) is 0.747. The molecule has 1 fully saturated rings. The van der Waals surface area contributed by atoms with E-state index in [1.54, 1.807) is 0 Å². The summed E-state index contributed by atoms with van der Waals surface area (Å²) >= 11 is 0. The number of hydrogen-bond donors (Lipinski definition) is 0. The number of esters is 1. The lowest BCUT2D eigenvalue weighted by atomic mass is 10.1. The third-order valence-electron chi connectivity index (χ3n) is 2.96. The topological polar surface area (TPSA) is 26.3 Å². The Labute approximate surface area is 96.4 Å². The smallest absolute Gasteiger partial charge is 0.416 e. The second-order valence-electron chi connectivity index (χ2n) is 4.09. The average molecular weight is 244 g/mol. The van der Waals surface area contributed by atoms with Gasteiger partial charge in [0.2, 0.25) is 0 Å². The molecule has 1 saturated carbocycles. The van der Waals surface area contributed by atoms with E-state index >= 15 is 0 Å². The number of rotatable bonds is 2. The summed E-state index contributed by atoms with van der Waals surface area (Å²) in [7, 11) is 1.31. The van der Waals surface area contributed by atoms with Gasteiger partial charge < -0.3 is 4.74 Å². The Morgan fingerprint density at radius 2 is 1.88 bits per heavy atom. The number of ether oxygens (including phenoxy) is 1. The zero-order chi connectivity index (χ0) is 12.6. The zero-order valence-electron chi connectivity index (χ0n) is 9.12. The molecule has 0 amide bonds. The summed E-state index contributed by atoms with van der Waals surface area (Å²) in [6, 6.07) is 4.94. The maximum Gasteiger partial charge on any atom is 0.416 e. The molecule has 1 aromatic carbocycles. The van der Waals surface area contributed by atoms with Crippen molar-refractivity contribution in [2.24, 2.45) is 5.92 Å². The van der Waals surface area contributed by atoms with E-state index in [0.717, 1.165) is 17.7 Å². The van der Waals surface area contributed by atoms with E-state index in [2.05, 4.69) is 4.74 Å². The van der Waals surface area contributed by atoms with Crippen LogP contribution < -0.4 is 0 Å². The molecule has 0 bridgehead atoms. The highest BCUT2D eigenvalue weighted by atomic mass is 19.4. The van der Waals surface area contributed by atoms with Crippen LogP contribution in [0.3, 0.4) is 0 Å². The fourth-order valence-corrected chi connectivity index (χ4v) is 1.89. The normalized spacial score (nSPS) is 23.3. The van der Waals surface area contributed by atoms with Crippen LogP contribution in [0.2, 0.25) is 0 Å². The van der Waals surface area contributed by atoms with Crippen LogP contribution >= 0.6 is 0 Å². The molecule has 2 rings (SSSR count). The van der Waals surface area contributed by atoms with Gasteiger partial charge in [-0.25, -0.2) is 0 Å². The van der Waals surface area contributed by atoms with Crippen LogP contribution in [0, 0.1) is 5.92 Å². The van der Waals surface area contributed by atoms with Crippen molar-refractivity contribution in [3.8, 4) is 0 Å². The molecule has 0 radical (unpaired) electrons. The molecule has 0 aromatic heterocycles. The number of benzene rings is 1. The number of hydrogen-bond acceptors (Lipinski definition) is 2.